The van der Waals surface area contributed by atoms with Gasteiger partial charge in [0.2, 0.25) is 0 Å². The summed E-state index contributed by atoms with van der Waals surface area (Å²) < 4.78 is 6.26. The van der Waals surface area contributed by atoms with Crippen LogP contribution in [-0.4, -0.2) is 49.8 Å². The Bertz CT molecular complexity index is 426. The second-order valence-corrected chi connectivity index (χ2v) is 6.23. The average Bonchev–Trinajstić information content (AvgIpc) is 2.92. The Balaban J connectivity index is 1.62. The summed E-state index contributed by atoms with van der Waals surface area (Å²) in [6.45, 7) is 6.68. The zero-order valence-electron chi connectivity index (χ0n) is 12.7. The van der Waals surface area contributed by atoms with E-state index in [-0.39, 0.29) is 5.60 Å². The lowest BCUT2D eigenvalue weighted by molar-refractivity contribution is -0.0425. The number of hydrogen-bond donors (Lipinski definition) is 0. The molecule has 2 saturated heterocycles. The zero-order valence-corrected chi connectivity index (χ0v) is 12.7. The fourth-order valence-electron chi connectivity index (χ4n) is 3.57. The molecule has 110 valence electrons. The number of ether oxygens (including phenoxy) is 1. The Morgan fingerprint density at radius 1 is 1.25 bits per heavy atom. The van der Waals surface area contributed by atoms with Crippen LogP contribution >= 0.6 is 0 Å². The summed E-state index contributed by atoms with van der Waals surface area (Å²) in [5.41, 5.74) is 1.45. The molecule has 0 aliphatic carbocycles. The number of benzene rings is 1. The molecule has 0 bridgehead atoms. The lowest BCUT2D eigenvalue weighted by Gasteiger charge is -2.38. The van der Waals surface area contributed by atoms with Gasteiger partial charge >= 0.3 is 0 Å². The molecule has 0 amide bonds. The van der Waals surface area contributed by atoms with E-state index >= 15 is 0 Å². The zero-order chi connectivity index (χ0) is 14.0. The molecule has 0 saturated carbocycles. The molecule has 20 heavy (non-hydrogen) atoms. The Morgan fingerprint density at radius 2 is 1.95 bits per heavy atom. The molecule has 2 fully saturated rings. The van der Waals surface area contributed by atoms with Crippen LogP contribution in [0.2, 0.25) is 0 Å². The van der Waals surface area contributed by atoms with E-state index in [1.54, 1.807) is 0 Å². The van der Waals surface area contributed by atoms with Crippen LogP contribution < -0.4 is 4.90 Å². The van der Waals surface area contributed by atoms with E-state index in [1.165, 1.54) is 44.6 Å². The molecule has 0 aromatic heterocycles. The van der Waals surface area contributed by atoms with E-state index in [2.05, 4.69) is 54.1 Å². The Hall–Kier alpha value is -1.06. The summed E-state index contributed by atoms with van der Waals surface area (Å²) in [5, 5.41) is 0. The van der Waals surface area contributed by atoms with Crippen molar-refractivity contribution in [1.29, 1.82) is 0 Å². The topological polar surface area (TPSA) is 15.7 Å². The van der Waals surface area contributed by atoms with Crippen LogP contribution in [0, 0.1) is 0 Å². The van der Waals surface area contributed by atoms with Gasteiger partial charge in [0.1, 0.15) is 0 Å². The molecule has 1 unspecified atom stereocenters. The maximum absolute atomic E-state index is 6.26. The predicted molar refractivity (Wildman–Crippen MR) is 83.3 cm³/mol. The normalized spacial score (nSPS) is 26.0. The first-order valence-electron chi connectivity index (χ1n) is 7.87. The fraction of sp³-hybridized carbons (Fsp3) is 0.647. The van der Waals surface area contributed by atoms with Crippen LogP contribution in [0.25, 0.3) is 0 Å². The quantitative estimate of drug-likeness (QED) is 0.843. The predicted octanol–water partition coefficient (Wildman–Crippen LogP) is 2.77. The largest absolute Gasteiger partial charge is 0.373 e. The van der Waals surface area contributed by atoms with Crippen molar-refractivity contribution in [3.63, 3.8) is 0 Å². The molecule has 3 heteroatoms. The van der Waals surface area contributed by atoms with Gasteiger partial charge in [0.25, 0.3) is 0 Å². The van der Waals surface area contributed by atoms with E-state index < -0.39 is 0 Å². The van der Waals surface area contributed by atoms with Crippen LogP contribution in [0.15, 0.2) is 30.3 Å². The molecule has 2 aliphatic rings. The molecule has 1 spiro atoms. The van der Waals surface area contributed by atoms with E-state index in [0.717, 1.165) is 6.61 Å². The van der Waals surface area contributed by atoms with Gasteiger partial charge in [-0.15, -0.1) is 0 Å². The maximum Gasteiger partial charge on any atom is 0.0728 e. The number of para-hydroxylation sites is 1. The molecule has 2 aliphatic heterocycles. The van der Waals surface area contributed by atoms with Crippen molar-refractivity contribution < 1.29 is 4.74 Å². The summed E-state index contributed by atoms with van der Waals surface area (Å²) >= 11 is 0. The van der Waals surface area contributed by atoms with Crippen LogP contribution in [0.4, 0.5) is 5.69 Å². The second-order valence-electron chi connectivity index (χ2n) is 6.23. The van der Waals surface area contributed by atoms with Gasteiger partial charge in [-0.1, -0.05) is 25.1 Å². The van der Waals surface area contributed by atoms with E-state index in [4.69, 9.17) is 4.74 Å². The van der Waals surface area contributed by atoms with E-state index in [1.807, 2.05) is 0 Å². The van der Waals surface area contributed by atoms with Crippen LogP contribution in [0.3, 0.4) is 0 Å². The number of piperidine rings is 1. The minimum Gasteiger partial charge on any atom is -0.373 e. The van der Waals surface area contributed by atoms with Crippen molar-refractivity contribution in [3.8, 4) is 0 Å². The lowest BCUT2D eigenvalue weighted by Crippen LogP contribution is -2.44. The Kier molecular flexibility index (Phi) is 3.99. The first-order valence-corrected chi connectivity index (χ1v) is 7.87. The third kappa shape index (κ3) is 2.70. The monoisotopic (exact) mass is 274 g/mol. The second kappa shape index (κ2) is 5.74. The highest BCUT2D eigenvalue weighted by Crippen LogP contribution is 2.38. The van der Waals surface area contributed by atoms with E-state index in [9.17, 15) is 0 Å². The number of nitrogens with zero attached hydrogens (tertiary/aromatic N) is 2. The van der Waals surface area contributed by atoms with Crippen molar-refractivity contribution >= 4 is 5.69 Å². The minimum absolute atomic E-state index is 0.152. The summed E-state index contributed by atoms with van der Waals surface area (Å²) in [7, 11) is 2.20. The maximum atomic E-state index is 6.26. The van der Waals surface area contributed by atoms with Gasteiger partial charge < -0.3 is 14.5 Å². The van der Waals surface area contributed by atoms with Crippen molar-refractivity contribution in [2.75, 3.05) is 38.2 Å². The molecule has 3 rings (SSSR count). The average molecular weight is 274 g/mol. The van der Waals surface area contributed by atoms with Gasteiger partial charge in [0, 0.05) is 25.8 Å². The smallest absolute Gasteiger partial charge is 0.0728 e. The Morgan fingerprint density at radius 3 is 2.60 bits per heavy atom. The number of rotatable bonds is 3. The third-order valence-corrected chi connectivity index (χ3v) is 5.12. The van der Waals surface area contributed by atoms with Gasteiger partial charge in [0.15, 0.2) is 0 Å². The first kappa shape index (κ1) is 13.9. The highest BCUT2D eigenvalue weighted by molar-refractivity contribution is 5.46. The van der Waals surface area contributed by atoms with Crippen LogP contribution in [-0.2, 0) is 4.74 Å². The molecular formula is C17H26N2O. The molecule has 0 radical (unpaired) electrons. The molecule has 0 N–H and O–H groups in total. The molecule has 1 atom stereocenters. The molecule has 2 heterocycles. The standard InChI is InChI=1S/C17H26N2O/c1-3-19-11-9-17(10-12-19)13-16(14-20-17)18(2)15-7-5-4-6-8-15/h4-8,16H,3,9-14H2,1-2H3. The van der Waals surface area contributed by atoms with Crippen molar-refractivity contribution in [2.45, 2.75) is 37.8 Å². The van der Waals surface area contributed by atoms with Gasteiger partial charge in [0.05, 0.1) is 18.2 Å². The number of hydrogen-bond acceptors (Lipinski definition) is 3. The Labute approximate surface area is 122 Å². The van der Waals surface area contributed by atoms with E-state index in [0.29, 0.717) is 6.04 Å². The summed E-state index contributed by atoms with van der Waals surface area (Å²) in [4.78, 5) is 4.92. The lowest BCUT2D eigenvalue weighted by atomic mass is 9.87. The SMILES string of the molecule is CCN1CCC2(CC1)CC(N(C)c1ccccc1)CO2. The van der Waals surface area contributed by atoms with Crippen LogP contribution in [0.5, 0.6) is 0 Å². The van der Waals surface area contributed by atoms with Gasteiger partial charge in [-0.3, -0.25) is 0 Å². The summed E-state index contributed by atoms with van der Waals surface area (Å²) in [5.74, 6) is 0. The number of likely N-dealkylation sites (N-methyl/N-ethyl adjacent to an activating group) is 1. The molecule has 1 aromatic carbocycles. The highest BCUT2D eigenvalue weighted by Gasteiger charge is 2.43. The molecule has 3 nitrogen and oxygen atoms in total. The third-order valence-electron chi connectivity index (χ3n) is 5.12. The van der Waals surface area contributed by atoms with Gasteiger partial charge in [-0.2, -0.15) is 0 Å². The summed E-state index contributed by atoms with van der Waals surface area (Å²) in [6.07, 6.45) is 3.57. The summed E-state index contributed by atoms with van der Waals surface area (Å²) in [6, 6.07) is 11.2. The molecular weight excluding hydrogens is 248 g/mol. The first-order chi connectivity index (χ1) is 9.72. The van der Waals surface area contributed by atoms with Crippen molar-refractivity contribution in [1.82, 2.24) is 4.90 Å². The van der Waals surface area contributed by atoms with Gasteiger partial charge in [-0.05, 0) is 37.9 Å². The highest BCUT2D eigenvalue weighted by atomic mass is 16.5. The minimum atomic E-state index is 0.152. The fourth-order valence-corrected chi connectivity index (χ4v) is 3.57. The van der Waals surface area contributed by atoms with Crippen LogP contribution in [0.1, 0.15) is 26.2 Å². The number of anilines is 1. The van der Waals surface area contributed by atoms with Gasteiger partial charge in [-0.25, -0.2) is 0 Å². The molecule has 1 aromatic rings. The van der Waals surface area contributed by atoms with Crippen molar-refractivity contribution in [2.24, 2.45) is 0 Å². The number of likely N-dealkylation sites (tertiary alicyclic amines) is 1. The van der Waals surface area contributed by atoms with Crippen molar-refractivity contribution in [3.05, 3.63) is 30.3 Å².